The number of aromatic nitrogens is 3. The lowest BCUT2D eigenvalue weighted by Crippen LogP contribution is -2.24. The Bertz CT molecular complexity index is 1430. The summed E-state index contributed by atoms with van der Waals surface area (Å²) in [6.45, 7) is 6.47. The van der Waals surface area contributed by atoms with Crippen LogP contribution in [-0.2, 0) is 17.9 Å². The van der Waals surface area contributed by atoms with Gasteiger partial charge in [0.05, 0.1) is 35.0 Å². The number of nitriles is 1. The van der Waals surface area contributed by atoms with Gasteiger partial charge in [0.15, 0.2) is 5.16 Å². The van der Waals surface area contributed by atoms with Crippen LogP contribution in [0, 0.1) is 25.2 Å². The summed E-state index contributed by atoms with van der Waals surface area (Å²) in [5.41, 5.74) is 2.58. The second kappa shape index (κ2) is 9.38. The molecule has 0 unspecified atom stereocenters. The van der Waals surface area contributed by atoms with Crippen molar-refractivity contribution < 1.29 is 9.21 Å². The molecule has 0 saturated heterocycles. The van der Waals surface area contributed by atoms with Crippen LogP contribution in [0.25, 0.3) is 10.9 Å². The Morgan fingerprint density at radius 3 is 2.70 bits per heavy atom. The van der Waals surface area contributed by atoms with Crippen molar-refractivity contribution in [1.82, 2.24) is 14.1 Å². The number of hydrogen-bond donors (Lipinski definition) is 1. The molecule has 1 aromatic carbocycles. The van der Waals surface area contributed by atoms with Gasteiger partial charge in [0.2, 0.25) is 5.91 Å². The highest BCUT2D eigenvalue weighted by molar-refractivity contribution is 7.99. The van der Waals surface area contributed by atoms with Crippen LogP contribution in [0.15, 0.2) is 57.0 Å². The fourth-order valence-electron chi connectivity index (χ4n) is 3.72. The lowest BCUT2D eigenvalue weighted by atomic mass is 10.2. The van der Waals surface area contributed by atoms with Crippen molar-refractivity contribution in [2.45, 2.75) is 39.0 Å². The highest BCUT2D eigenvalue weighted by Crippen LogP contribution is 2.28. The van der Waals surface area contributed by atoms with Gasteiger partial charge in [0, 0.05) is 12.2 Å². The molecule has 4 rings (SSSR count). The number of furan rings is 1. The average molecular weight is 462 g/mol. The van der Waals surface area contributed by atoms with Gasteiger partial charge in [-0.3, -0.25) is 14.2 Å². The number of nitrogens with zero attached hydrogens (tertiary/aromatic N) is 4. The highest BCUT2D eigenvalue weighted by atomic mass is 32.2. The zero-order valence-electron chi connectivity index (χ0n) is 18.6. The molecule has 0 bridgehead atoms. The third-order valence-corrected chi connectivity index (χ3v) is 6.54. The number of amides is 1. The van der Waals surface area contributed by atoms with Crippen molar-refractivity contribution >= 4 is 34.4 Å². The molecule has 0 aliphatic rings. The number of carbonyl (C=O) groups excluding carboxylic acids is 1. The predicted octanol–water partition coefficient (Wildman–Crippen LogP) is 4.08. The van der Waals surface area contributed by atoms with Gasteiger partial charge in [0.1, 0.15) is 17.6 Å². The van der Waals surface area contributed by atoms with Crippen LogP contribution in [0.4, 0.5) is 5.82 Å². The fraction of sp³-hybridized carbons (Fsp3) is 0.250. The lowest BCUT2D eigenvalue weighted by molar-refractivity contribution is -0.113. The highest BCUT2D eigenvalue weighted by Gasteiger charge is 2.21. The maximum Gasteiger partial charge on any atom is 0.262 e. The Kier molecular flexibility index (Phi) is 6.38. The average Bonchev–Trinajstić information content (AvgIpc) is 3.40. The first-order valence-corrected chi connectivity index (χ1v) is 11.5. The fourth-order valence-corrected chi connectivity index (χ4v) is 4.58. The van der Waals surface area contributed by atoms with E-state index in [1.165, 1.54) is 11.8 Å². The molecule has 0 aliphatic carbocycles. The molecule has 33 heavy (non-hydrogen) atoms. The number of anilines is 1. The van der Waals surface area contributed by atoms with Crippen LogP contribution in [-0.4, -0.2) is 25.8 Å². The molecule has 0 fully saturated rings. The van der Waals surface area contributed by atoms with E-state index in [1.54, 1.807) is 35.1 Å². The van der Waals surface area contributed by atoms with Crippen molar-refractivity contribution in [2.75, 3.05) is 11.1 Å². The Hall–Kier alpha value is -3.77. The summed E-state index contributed by atoms with van der Waals surface area (Å²) in [7, 11) is 0. The zero-order valence-corrected chi connectivity index (χ0v) is 19.4. The standard InChI is InChI=1S/C24H23N5O3S/c1-4-28-23(31)18-9-5-6-10-20(18)26-24(28)33-14-21(30)27-22-19(12-25)15(2)16(3)29(22)13-17-8-7-11-32-17/h5-11H,4,13-14H2,1-3H3,(H,27,30). The predicted molar refractivity (Wildman–Crippen MR) is 127 cm³/mol. The van der Waals surface area contributed by atoms with Crippen molar-refractivity contribution in [3.8, 4) is 6.07 Å². The third-order valence-electron chi connectivity index (χ3n) is 5.57. The Morgan fingerprint density at radius 1 is 1.21 bits per heavy atom. The first-order chi connectivity index (χ1) is 15.9. The van der Waals surface area contributed by atoms with Gasteiger partial charge in [-0.1, -0.05) is 23.9 Å². The van der Waals surface area contributed by atoms with Crippen molar-refractivity contribution in [2.24, 2.45) is 0 Å². The number of benzene rings is 1. The van der Waals surface area contributed by atoms with Crippen molar-refractivity contribution in [1.29, 1.82) is 5.26 Å². The molecule has 168 valence electrons. The molecule has 9 heteroatoms. The zero-order chi connectivity index (χ0) is 23.5. The van der Waals surface area contributed by atoms with E-state index in [4.69, 9.17) is 4.42 Å². The van der Waals surface area contributed by atoms with Crippen molar-refractivity contribution in [3.63, 3.8) is 0 Å². The molecule has 3 aromatic heterocycles. The number of carbonyl (C=O) groups is 1. The molecule has 3 heterocycles. The summed E-state index contributed by atoms with van der Waals surface area (Å²) in [4.78, 5) is 30.3. The molecule has 0 radical (unpaired) electrons. The summed E-state index contributed by atoms with van der Waals surface area (Å²) in [6, 6.07) is 13.0. The van der Waals surface area contributed by atoms with E-state index in [2.05, 4.69) is 16.4 Å². The Morgan fingerprint density at radius 2 is 2.00 bits per heavy atom. The molecule has 1 amide bonds. The molecular weight excluding hydrogens is 438 g/mol. The summed E-state index contributed by atoms with van der Waals surface area (Å²) in [5.74, 6) is 0.906. The van der Waals surface area contributed by atoms with Crippen LogP contribution in [0.3, 0.4) is 0 Å². The number of hydrogen-bond acceptors (Lipinski definition) is 6. The van der Waals surface area contributed by atoms with Crippen LogP contribution < -0.4 is 10.9 Å². The van der Waals surface area contributed by atoms with Crippen molar-refractivity contribution in [3.05, 3.63) is 75.6 Å². The van der Waals surface area contributed by atoms with Gasteiger partial charge in [-0.05, 0) is 50.6 Å². The second-order valence-corrected chi connectivity index (χ2v) is 8.45. The van der Waals surface area contributed by atoms with Gasteiger partial charge in [-0.2, -0.15) is 5.26 Å². The van der Waals surface area contributed by atoms with E-state index >= 15 is 0 Å². The van der Waals surface area contributed by atoms with E-state index in [0.717, 1.165) is 17.0 Å². The Balaban J connectivity index is 1.59. The third kappa shape index (κ3) is 4.30. The van der Waals surface area contributed by atoms with Crippen LogP contribution in [0.5, 0.6) is 0 Å². The SMILES string of the molecule is CCn1c(SCC(=O)Nc2c(C#N)c(C)c(C)n2Cc2ccco2)nc2ccccc2c1=O. The number of fused-ring (bicyclic) bond motifs is 1. The summed E-state index contributed by atoms with van der Waals surface area (Å²) >= 11 is 1.19. The molecule has 4 aromatic rings. The van der Waals surface area contributed by atoms with Crippen LogP contribution in [0.2, 0.25) is 0 Å². The minimum atomic E-state index is -0.292. The quantitative estimate of drug-likeness (QED) is 0.328. The van der Waals surface area contributed by atoms with Gasteiger partial charge < -0.3 is 14.3 Å². The van der Waals surface area contributed by atoms with Gasteiger partial charge in [0.25, 0.3) is 5.56 Å². The summed E-state index contributed by atoms with van der Waals surface area (Å²) in [5, 5.41) is 13.6. The summed E-state index contributed by atoms with van der Waals surface area (Å²) < 4.78 is 8.88. The normalized spacial score (nSPS) is 11.0. The molecule has 1 N–H and O–H groups in total. The van der Waals surface area contributed by atoms with Gasteiger partial charge in [-0.25, -0.2) is 4.98 Å². The molecular formula is C24H23N5O3S. The monoisotopic (exact) mass is 461 g/mol. The van der Waals surface area contributed by atoms with Crippen LogP contribution in [0.1, 0.15) is 29.5 Å². The number of para-hydroxylation sites is 1. The van der Waals surface area contributed by atoms with Gasteiger partial charge in [-0.15, -0.1) is 0 Å². The number of nitrogens with one attached hydrogen (secondary N) is 1. The molecule has 0 atom stereocenters. The number of thioether (sulfide) groups is 1. The minimum Gasteiger partial charge on any atom is -0.467 e. The Labute approximate surface area is 194 Å². The molecule has 0 aliphatic heterocycles. The smallest absolute Gasteiger partial charge is 0.262 e. The van der Waals surface area contributed by atoms with E-state index in [-0.39, 0.29) is 17.2 Å². The number of rotatable bonds is 7. The van der Waals surface area contributed by atoms with E-state index < -0.39 is 0 Å². The first-order valence-electron chi connectivity index (χ1n) is 10.5. The molecule has 8 nitrogen and oxygen atoms in total. The second-order valence-electron chi connectivity index (χ2n) is 7.51. The molecule has 0 spiro atoms. The van der Waals surface area contributed by atoms with E-state index in [1.807, 2.05) is 37.5 Å². The van der Waals surface area contributed by atoms with E-state index in [9.17, 15) is 14.9 Å². The summed E-state index contributed by atoms with van der Waals surface area (Å²) in [6.07, 6.45) is 1.59. The van der Waals surface area contributed by atoms with E-state index in [0.29, 0.717) is 40.5 Å². The molecule has 0 saturated carbocycles. The van der Waals surface area contributed by atoms with Crippen LogP contribution >= 0.6 is 11.8 Å². The lowest BCUT2D eigenvalue weighted by Gasteiger charge is -2.13. The largest absolute Gasteiger partial charge is 0.467 e. The maximum atomic E-state index is 12.9. The minimum absolute atomic E-state index is 0.0413. The topological polar surface area (TPSA) is 106 Å². The van der Waals surface area contributed by atoms with Gasteiger partial charge >= 0.3 is 0 Å². The maximum absolute atomic E-state index is 12.9. The first kappa shape index (κ1) is 22.4.